The molecule has 0 saturated heterocycles. The van der Waals surface area contributed by atoms with Crippen LogP contribution in [0.1, 0.15) is 61.2 Å². The van der Waals surface area contributed by atoms with E-state index in [-0.39, 0.29) is 11.9 Å². The molecule has 2 aromatic heterocycles. The first kappa shape index (κ1) is 16.3. The van der Waals surface area contributed by atoms with Gasteiger partial charge in [0.05, 0.1) is 6.04 Å². The molecule has 0 bridgehead atoms. The Hall–Kier alpha value is -2.10. The molecule has 0 aromatic carbocycles. The van der Waals surface area contributed by atoms with Crippen LogP contribution >= 0.6 is 0 Å². The molecule has 1 amide bonds. The second kappa shape index (κ2) is 7.25. The van der Waals surface area contributed by atoms with Crippen molar-refractivity contribution >= 4 is 5.91 Å². The minimum absolute atomic E-state index is 0.0357. The lowest BCUT2D eigenvalue weighted by Crippen LogP contribution is -2.33. The van der Waals surface area contributed by atoms with E-state index in [0.717, 1.165) is 29.7 Å². The second-order valence-electron chi connectivity index (χ2n) is 5.32. The summed E-state index contributed by atoms with van der Waals surface area (Å²) in [6, 6.07) is 5.73. The molecule has 0 saturated carbocycles. The number of amides is 1. The van der Waals surface area contributed by atoms with E-state index in [1.807, 2.05) is 43.9 Å². The average Bonchev–Trinajstić information content (AvgIpc) is 2.99. The van der Waals surface area contributed by atoms with Gasteiger partial charge in [-0.05, 0) is 43.5 Å². The highest BCUT2D eigenvalue weighted by atomic mass is 16.4. The smallest absolute Gasteiger partial charge is 0.290 e. The summed E-state index contributed by atoms with van der Waals surface area (Å²) in [6.07, 6.45) is 5.23. The first-order valence-corrected chi connectivity index (χ1v) is 7.94. The number of pyridine rings is 1. The highest BCUT2D eigenvalue weighted by molar-refractivity contribution is 5.92. The third kappa shape index (κ3) is 3.21. The number of aromatic nitrogens is 1. The summed E-state index contributed by atoms with van der Waals surface area (Å²) in [5, 5.41) is 0. The molecule has 118 valence electrons. The van der Waals surface area contributed by atoms with Crippen molar-refractivity contribution < 1.29 is 9.21 Å². The normalized spacial score (nSPS) is 12.2. The Kier molecular flexibility index (Phi) is 5.36. The topological polar surface area (TPSA) is 46.3 Å². The van der Waals surface area contributed by atoms with E-state index in [4.69, 9.17) is 4.42 Å². The Morgan fingerprint density at radius 3 is 2.59 bits per heavy atom. The lowest BCUT2D eigenvalue weighted by molar-refractivity contribution is 0.0667. The van der Waals surface area contributed by atoms with Crippen molar-refractivity contribution in [2.75, 3.05) is 6.54 Å². The number of hydrogen-bond acceptors (Lipinski definition) is 3. The Morgan fingerprint density at radius 1 is 1.32 bits per heavy atom. The van der Waals surface area contributed by atoms with Crippen LogP contribution < -0.4 is 0 Å². The maximum atomic E-state index is 12.8. The second-order valence-corrected chi connectivity index (χ2v) is 5.32. The molecule has 2 heterocycles. The summed E-state index contributed by atoms with van der Waals surface area (Å²) >= 11 is 0. The van der Waals surface area contributed by atoms with Gasteiger partial charge in [-0.2, -0.15) is 0 Å². The van der Waals surface area contributed by atoms with E-state index in [1.54, 1.807) is 12.4 Å². The lowest BCUT2D eigenvalue weighted by Gasteiger charge is -2.27. The van der Waals surface area contributed by atoms with Gasteiger partial charge in [0.2, 0.25) is 0 Å². The zero-order valence-electron chi connectivity index (χ0n) is 13.8. The fraction of sp³-hybridized carbons (Fsp3) is 0.444. The zero-order valence-corrected chi connectivity index (χ0v) is 13.8. The summed E-state index contributed by atoms with van der Waals surface area (Å²) in [4.78, 5) is 18.8. The molecule has 0 spiro atoms. The van der Waals surface area contributed by atoms with Gasteiger partial charge in [-0.25, -0.2) is 0 Å². The number of carbonyl (C=O) groups is 1. The number of hydrogen-bond donors (Lipinski definition) is 0. The number of carbonyl (C=O) groups excluding carboxylic acids is 1. The molecule has 2 rings (SSSR count). The summed E-state index contributed by atoms with van der Waals surface area (Å²) in [5.41, 5.74) is 2.15. The van der Waals surface area contributed by atoms with Crippen LogP contribution in [0.3, 0.4) is 0 Å². The van der Waals surface area contributed by atoms with Crippen LogP contribution in [-0.2, 0) is 12.8 Å². The first-order chi connectivity index (χ1) is 10.6. The molecule has 2 aromatic rings. The molecule has 4 heteroatoms. The predicted molar refractivity (Wildman–Crippen MR) is 86.8 cm³/mol. The van der Waals surface area contributed by atoms with Crippen LogP contribution in [0.2, 0.25) is 0 Å². The van der Waals surface area contributed by atoms with Gasteiger partial charge in [-0.3, -0.25) is 9.78 Å². The minimum Gasteiger partial charge on any atom is -0.456 e. The number of furan rings is 1. The Labute approximate surface area is 132 Å². The van der Waals surface area contributed by atoms with Crippen LogP contribution in [0.5, 0.6) is 0 Å². The van der Waals surface area contributed by atoms with E-state index in [0.29, 0.717) is 12.3 Å². The van der Waals surface area contributed by atoms with Crippen molar-refractivity contribution in [1.82, 2.24) is 9.88 Å². The number of aryl methyl sites for hydroxylation is 2. The van der Waals surface area contributed by atoms with Crippen molar-refractivity contribution in [3.05, 3.63) is 53.2 Å². The monoisotopic (exact) mass is 300 g/mol. The van der Waals surface area contributed by atoms with Gasteiger partial charge in [0.1, 0.15) is 5.76 Å². The quantitative estimate of drug-likeness (QED) is 0.809. The SMILES string of the molecule is CCc1cc(C(=O)N(CC)C(C)c2cccnc2)oc1CC. The third-order valence-electron chi connectivity index (χ3n) is 4.05. The van der Waals surface area contributed by atoms with E-state index in [2.05, 4.69) is 11.9 Å². The van der Waals surface area contributed by atoms with Gasteiger partial charge in [0.25, 0.3) is 5.91 Å². The van der Waals surface area contributed by atoms with Crippen LogP contribution in [0, 0.1) is 0 Å². The Bertz CT molecular complexity index is 598. The minimum atomic E-state index is -0.0618. The molecule has 0 aliphatic carbocycles. The van der Waals surface area contributed by atoms with Gasteiger partial charge in [-0.15, -0.1) is 0 Å². The van der Waals surface area contributed by atoms with Crippen LogP contribution in [0.15, 0.2) is 35.0 Å². The predicted octanol–water partition coefficient (Wildman–Crippen LogP) is 4.02. The maximum absolute atomic E-state index is 12.8. The Morgan fingerprint density at radius 2 is 2.09 bits per heavy atom. The number of rotatable bonds is 6. The maximum Gasteiger partial charge on any atom is 0.290 e. The van der Waals surface area contributed by atoms with Gasteiger partial charge in [-0.1, -0.05) is 19.9 Å². The van der Waals surface area contributed by atoms with Gasteiger partial charge >= 0.3 is 0 Å². The molecule has 0 aliphatic rings. The van der Waals surface area contributed by atoms with Crippen LogP contribution in [-0.4, -0.2) is 22.3 Å². The highest BCUT2D eigenvalue weighted by Crippen LogP contribution is 2.24. The lowest BCUT2D eigenvalue weighted by atomic mass is 10.1. The third-order valence-corrected chi connectivity index (χ3v) is 4.05. The van der Waals surface area contributed by atoms with Crippen molar-refractivity contribution in [2.45, 2.75) is 46.6 Å². The molecule has 22 heavy (non-hydrogen) atoms. The summed E-state index contributed by atoms with van der Waals surface area (Å²) < 4.78 is 5.78. The molecule has 0 fully saturated rings. The molecular formula is C18H24N2O2. The molecule has 0 radical (unpaired) electrons. The van der Waals surface area contributed by atoms with Crippen molar-refractivity contribution in [3.63, 3.8) is 0 Å². The summed E-state index contributed by atoms with van der Waals surface area (Å²) in [7, 11) is 0. The van der Waals surface area contributed by atoms with Crippen LogP contribution in [0.4, 0.5) is 0 Å². The fourth-order valence-electron chi connectivity index (χ4n) is 2.71. The first-order valence-electron chi connectivity index (χ1n) is 7.94. The highest BCUT2D eigenvalue weighted by Gasteiger charge is 2.25. The van der Waals surface area contributed by atoms with E-state index in [1.165, 1.54) is 0 Å². The van der Waals surface area contributed by atoms with Gasteiger partial charge < -0.3 is 9.32 Å². The van der Waals surface area contributed by atoms with E-state index >= 15 is 0 Å². The van der Waals surface area contributed by atoms with Crippen LogP contribution in [0.25, 0.3) is 0 Å². The fourth-order valence-corrected chi connectivity index (χ4v) is 2.71. The summed E-state index contributed by atoms with van der Waals surface area (Å²) in [6.45, 7) is 8.74. The zero-order chi connectivity index (χ0) is 16.1. The molecule has 0 N–H and O–H groups in total. The summed E-state index contributed by atoms with van der Waals surface area (Å²) in [5.74, 6) is 1.29. The average molecular weight is 300 g/mol. The van der Waals surface area contributed by atoms with E-state index in [9.17, 15) is 4.79 Å². The van der Waals surface area contributed by atoms with Crippen molar-refractivity contribution in [1.29, 1.82) is 0 Å². The largest absolute Gasteiger partial charge is 0.456 e. The molecule has 1 unspecified atom stereocenters. The van der Waals surface area contributed by atoms with Crippen molar-refractivity contribution in [2.24, 2.45) is 0 Å². The molecule has 0 aliphatic heterocycles. The molecule has 4 nitrogen and oxygen atoms in total. The Balaban J connectivity index is 2.27. The van der Waals surface area contributed by atoms with Crippen molar-refractivity contribution in [3.8, 4) is 0 Å². The molecular weight excluding hydrogens is 276 g/mol. The van der Waals surface area contributed by atoms with Gasteiger partial charge in [0.15, 0.2) is 5.76 Å². The molecule has 1 atom stereocenters. The standard InChI is InChI=1S/C18H24N2O2/c1-5-14-11-17(22-16(14)6-2)18(21)20(7-3)13(4)15-9-8-10-19-12-15/h8-13H,5-7H2,1-4H3. The number of nitrogens with zero attached hydrogens (tertiary/aromatic N) is 2. The van der Waals surface area contributed by atoms with E-state index < -0.39 is 0 Å². The van der Waals surface area contributed by atoms with Gasteiger partial charge in [0, 0.05) is 25.4 Å².